The molecule has 0 aliphatic heterocycles. The van der Waals surface area contributed by atoms with Crippen LogP contribution in [0, 0.1) is 10.5 Å². The van der Waals surface area contributed by atoms with Crippen LogP contribution in [0.15, 0.2) is 24.4 Å². The first kappa shape index (κ1) is 13.8. The zero-order chi connectivity index (χ0) is 14.3. The Bertz CT molecular complexity index is 776. The molecule has 1 aromatic carbocycles. The smallest absolute Gasteiger partial charge is 0.108 e. The molecular formula is C15H17IN4. The standard InChI is InChI=1S/C15H17IN4/c1-10-18-14-9-17-13-5-4-11(16)8-12(13)15(14)20(10)7-6-19(2)3/h4-5,8-9H,6-7H2,1-3H3. The summed E-state index contributed by atoms with van der Waals surface area (Å²) in [4.78, 5) is 11.4. The van der Waals surface area contributed by atoms with Crippen LogP contribution in [-0.4, -0.2) is 40.1 Å². The van der Waals surface area contributed by atoms with E-state index in [1.807, 2.05) is 6.20 Å². The van der Waals surface area contributed by atoms with E-state index >= 15 is 0 Å². The molecule has 0 atom stereocenters. The lowest BCUT2D eigenvalue weighted by Gasteiger charge is -2.13. The Labute approximate surface area is 131 Å². The Kier molecular flexibility index (Phi) is 3.64. The number of aryl methyl sites for hydroxylation is 1. The summed E-state index contributed by atoms with van der Waals surface area (Å²) in [5, 5.41) is 1.19. The lowest BCUT2D eigenvalue weighted by Crippen LogP contribution is -2.19. The number of nitrogens with zero attached hydrogens (tertiary/aromatic N) is 4. The van der Waals surface area contributed by atoms with E-state index in [-0.39, 0.29) is 0 Å². The average Bonchev–Trinajstić information content (AvgIpc) is 2.72. The number of imidazole rings is 1. The van der Waals surface area contributed by atoms with Crippen molar-refractivity contribution in [3.63, 3.8) is 0 Å². The largest absolute Gasteiger partial charge is 0.326 e. The summed E-state index contributed by atoms with van der Waals surface area (Å²) in [6.45, 7) is 4.01. The lowest BCUT2D eigenvalue weighted by molar-refractivity contribution is 0.384. The van der Waals surface area contributed by atoms with Crippen LogP contribution in [0.4, 0.5) is 0 Å². The minimum absolute atomic E-state index is 0.944. The molecule has 0 aliphatic rings. The van der Waals surface area contributed by atoms with E-state index in [0.717, 1.165) is 29.9 Å². The third-order valence-electron chi connectivity index (χ3n) is 3.50. The van der Waals surface area contributed by atoms with Gasteiger partial charge < -0.3 is 9.47 Å². The second kappa shape index (κ2) is 5.29. The number of aromatic nitrogens is 3. The molecule has 0 N–H and O–H groups in total. The monoisotopic (exact) mass is 380 g/mol. The van der Waals surface area contributed by atoms with Crippen LogP contribution in [0.2, 0.25) is 0 Å². The predicted octanol–water partition coefficient (Wildman–Crippen LogP) is 3.06. The maximum atomic E-state index is 4.65. The molecule has 5 heteroatoms. The summed E-state index contributed by atoms with van der Waals surface area (Å²) in [5.41, 5.74) is 3.22. The van der Waals surface area contributed by atoms with Gasteiger partial charge in [0.2, 0.25) is 0 Å². The van der Waals surface area contributed by atoms with Crippen molar-refractivity contribution in [3.8, 4) is 0 Å². The Hall–Kier alpha value is -1.21. The maximum absolute atomic E-state index is 4.65. The molecule has 0 fully saturated rings. The van der Waals surface area contributed by atoms with Gasteiger partial charge in [-0.2, -0.15) is 0 Å². The van der Waals surface area contributed by atoms with Crippen molar-refractivity contribution in [3.05, 3.63) is 33.8 Å². The molecular weight excluding hydrogens is 363 g/mol. The Morgan fingerprint density at radius 3 is 2.80 bits per heavy atom. The second-order valence-electron chi connectivity index (χ2n) is 5.27. The molecule has 3 rings (SSSR count). The summed E-state index contributed by atoms with van der Waals surface area (Å²) in [6.07, 6.45) is 1.88. The van der Waals surface area contributed by atoms with Gasteiger partial charge >= 0.3 is 0 Å². The van der Waals surface area contributed by atoms with Gasteiger partial charge in [0.25, 0.3) is 0 Å². The minimum atomic E-state index is 0.944. The molecule has 4 nitrogen and oxygen atoms in total. The van der Waals surface area contributed by atoms with E-state index in [2.05, 4.69) is 81.2 Å². The molecule has 2 heterocycles. The highest BCUT2D eigenvalue weighted by Crippen LogP contribution is 2.26. The van der Waals surface area contributed by atoms with E-state index in [1.54, 1.807) is 0 Å². The molecule has 20 heavy (non-hydrogen) atoms. The van der Waals surface area contributed by atoms with E-state index < -0.39 is 0 Å². The molecule has 3 aromatic rings. The third kappa shape index (κ3) is 2.40. The van der Waals surface area contributed by atoms with Gasteiger partial charge in [0, 0.05) is 22.0 Å². The summed E-state index contributed by atoms with van der Waals surface area (Å²) in [5.74, 6) is 1.05. The summed E-state index contributed by atoms with van der Waals surface area (Å²) >= 11 is 2.35. The van der Waals surface area contributed by atoms with Crippen LogP contribution in [0.3, 0.4) is 0 Å². The topological polar surface area (TPSA) is 34.0 Å². The van der Waals surface area contributed by atoms with Crippen molar-refractivity contribution in [2.75, 3.05) is 20.6 Å². The van der Waals surface area contributed by atoms with Crippen molar-refractivity contribution >= 4 is 44.5 Å². The molecule has 2 aromatic heterocycles. The molecule has 0 bridgehead atoms. The first-order chi connectivity index (χ1) is 9.56. The van der Waals surface area contributed by atoms with Crippen LogP contribution in [0.25, 0.3) is 21.9 Å². The van der Waals surface area contributed by atoms with Gasteiger partial charge in [-0.1, -0.05) is 0 Å². The Balaban J connectivity index is 2.27. The highest BCUT2D eigenvalue weighted by atomic mass is 127. The van der Waals surface area contributed by atoms with Crippen LogP contribution in [-0.2, 0) is 6.54 Å². The Morgan fingerprint density at radius 1 is 1.25 bits per heavy atom. The highest BCUT2D eigenvalue weighted by Gasteiger charge is 2.12. The van der Waals surface area contributed by atoms with Gasteiger partial charge in [-0.25, -0.2) is 4.98 Å². The number of hydrogen-bond acceptors (Lipinski definition) is 3. The van der Waals surface area contributed by atoms with Crippen LogP contribution in [0.5, 0.6) is 0 Å². The van der Waals surface area contributed by atoms with E-state index in [1.165, 1.54) is 14.5 Å². The number of likely N-dealkylation sites (N-methyl/N-ethyl adjacent to an activating group) is 1. The van der Waals surface area contributed by atoms with Gasteiger partial charge in [-0.05, 0) is 61.8 Å². The van der Waals surface area contributed by atoms with Crippen LogP contribution in [0.1, 0.15) is 5.82 Å². The number of rotatable bonds is 3. The van der Waals surface area contributed by atoms with E-state index in [4.69, 9.17) is 0 Å². The number of benzene rings is 1. The fourth-order valence-corrected chi connectivity index (χ4v) is 2.97. The van der Waals surface area contributed by atoms with Gasteiger partial charge in [-0.3, -0.25) is 4.98 Å². The molecule has 104 valence electrons. The third-order valence-corrected chi connectivity index (χ3v) is 4.17. The van der Waals surface area contributed by atoms with Gasteiger partial charge in [0.15, 0.2) is 0 Å². The van der Waals surface area contributed by atoms with E-state index in [9.17, 15) is 0 Å². The zero-order valence-electron chi connectivity index (χ0n) is 11.9. The highest BCUT2D eigenvalue weighted by molar-refractivity contribution is 14.1. The zero-order valence-corrected chi connectivity index (χ0v) is 14.0. The first-order valence-corrected chi connectivity index (χ1v) is 7.70. The normalized spacial score (nSPS) is 11.8. The molecule has 0 unspecified atom stereocenters. The molecule has 0 saturated heterocycles. The van der Waals surface area contributed by atoms with Gasteiger partial charge in [0.05, 0.1) is 17.2 Å². The minimum Gasteiger partial charge on any atom is -0.326 e. The molecule has 0 spiro atoms. The Morgan fingerprint density at radius 2 is 2.05 bits per heavy atom. The number of hydrogen-bond donors (Lipinski definition) is 0. The summed E-state index contributed by atoms with van der Waals surface area (Å²) in [7, 11) is 4.19. The second-order valence-corrected chi connectivity index (χ2v) is 6.51. The van der Waals surface area contributed by atoms with Crippen molar-refractivity contribution in [2.24, 2.45) is 0 Å². The fourth-order valence-electron chi connectivity index (χ4n) is 2.48. The number of halogens is 1. The quantitative estimate of drug-likeness (QED) is 0.655. The lowest BCUT2D eigenvalue weighted by atomic mass is 10.2. The molecule has 0 aliphatic carbocycles. The average molecular weight is 380 g/mol. The SMILES string of the molecule is Cc1nc2cnc3ccc(I)cc3c2n1CCN(C)C. The van der Waals surface area contributed by atoms with Crippen molar-refractivity contribution < 1.29 is 0 Å². The van der Waals surface area contributed by atoms with Crippen LogP contribution < -0.4 is 0 Å². The van der Waals surface area contributed by atoms with Crippen molar-refractivity contribution in [1.82, 2.24) is 19.4 Å². The van der Waals surface area contributed by atoms with Gasteiger partial charge in [0.1, 0.15) is 11.3 Å². The molecule has 0 radical (unpaired) electrons. The molecule has 0 amide bonds. The van der Waals surface area contributed by atoms with Crippen LogP contribution >= 0.6 is 22.6 Å². The van der Waals surface area contributed by atoms with Gasteiger partial charge in [-0.15, -0.1) is 0 Å². The molecule has 0 saturated carbocycles. The van der Waals surface area contributed by atoms with Crippen molar-refractivity contribution in [2.45, 2.75) is 13.5 Å². The summed E-state index contributed by atoms with van der Waals surface area (Å²) in [6, 6.07) is 6.36. The number of pyridine rings is 1. The fraction of sp³-hybridized carbons (Fsp3) is 0.333. The predicted molar refractivity (Wildman–Crippen MR) is 91.0 cm³/mol. The number of fused-ring (bicyclic) bond motifs is 3. The first-order valence-electron chi connectivity index (χ1n) is 6.62. The van der Waals surface area contributed by atoms with Crippen molar-refractivity contribution in [1.29, 1.82) is 0 Å². The van der Waals surface area contributed by atoms with E-state index in [0.29, 0.717) is 0 Å². The summed E-state index contributed by atoms with van der Waals surface area (Å²) < 4.78 is 3.53. The maximum Gasteiger partial charge on any atom is 0.108 e.